The molecule has 0 spiro atoms. The largest absolute Gasteiger partial charge is 0.487 e. The second kappa shape index (κ2) is 6.51. The van der Waals surface area contributed by atoms with E-state index in [0.717, 1.165) is 12.8 Å². The molecule has 0 atom stereocenters. The molecule has 0 aromatic heterocycles. The summed E-state index contributed by atoms with van der Waals surface area (Å²) in [5.74, 6) is 4.32. The maximum absolute atomic E-state index is 6.16. The van der Waals surface area contributed by atoms with E-state index in [1.165, 1.54) is 24.0 Å². The Labute approximate surface area is 160 Å². The fourth-order valence-electron chi connectivity index (χ4n) is 3.57. The quantitative estimate of drug-likeness (QED) is 0.671. The van der Waals surface area contributed by atoms with Crippen LogP contribution in [0.5, 0.6) is 0 Å². The molecule has 0 bridgehead atoms. The average Bonchev–Trinajstić information content (AvgIpc) is 2.79. The minimum absolute atomic E-state index is 0.296. The maximum Gasteiger partial charge on any atom is 0.487 e. The van der Waals surface area contributed by atoms with Gasteiger partial charge in [-0.1, -0.05) is 23.1 Å². The number of rotatable bonds is 2. The van der Waals surface area contributed by atoms with Crippen LogP contribution in [-0.4, -0.2) is 36.6 Å². The molecule has 2 heterocycles. The standard InChI is InChI=1S/C20H34B2O4/c1-17(2)18(3,4)24-21(23-17)13-15-11-9-10-12-16(15)14-22-25-19(5,6)20(7,8)26-22/h13-14H,9-12H2,1-8H3. The topological polar surface area (TPSA) is 36.9 Å². The van der Waals surface area contributed by atoms with Crippen molar-refractivity contribution in [3.05, 3.63) is 23.1 Å². The highest BCUT2D eigenvalue weighted by Crippen LogP contribution is 2.40. The Morgan fingerprint density at radius 1 is 0.577 bits per heavy atom. The van der Waals surface area contributed by atoms with Gasteiger partial charge in [0.15, 0.2) is 0 Å². The van der Waals surface area contributed by atoms with Gasteiger partial charge >= 0.3 is 14.2 Å². The van der Waals surface area contributed by atoms with Gasteiger partial charge in [-0.25, -0.2) is 0 Å². The molecule has 144 valence electrons. The summed E-state index contributed by atoms with van der Waals surface area (Å²) in [6, 6.07) is 0. The summed E-state index contributed by atoms with van der Waals surface area (Å²) >= 11 is 0. The molecule has 26 heavy (non-hydrogen) atoms. The average molecular weight is 360 g/mol. The first kappa shape index (κ1) is 20.2. The Kier molecular flexibility index (Phi) is 5.05. The highest BCUT2D eigenvalue weighted by atomic mass is 16.7. The van der Waals surface area contributed by atoms with E-state index in [9.17, 15) is 0 Å². The molecule has 1 saturated carbocycles. The molecule has 4 nitrogen and oxygen atoms in total. The van der Waals surface area contributed by atoms with Gasteiger partial charge in [-0.3, -0.25) is 0 Å². The third kappa shape index (κ3) is 3.71. The van der Waals surface area contributed by atoms with Gasteiger partial charge in [0.05, 0.1) is 22.4 Å². The van der Waals surface area contributed by atoms with Gasteiger partial charge in [-0.2, -0.15) is 0 Å². The summed E-state index contributed by atoms with van der Waals surface area (Å²) in [5.41, 5.74) is 1.39. The molecular weight excluding hydrogens is 326 g/mol. The molecule has 0 N–H and O–H groups in total. The van der Waals surface area contributed by atoms with Crippen LogP contribution in [0.4, 0.5) is 0 Å². The van der Waals surface area contributed by atoms with Gasteiger partial charge in [0.1, 0.15) is 0 Å². The zero-order valence-corrected chi connectivity index (χ0v) is 17.8. The first-order chi connectivity index (χ1) is 11.8. The van der Waals surface area contributed by atoms with Crippen LogP contribution in [0.2, 0.25) is 0 Å². The lowest BCUT2D eigenvalue weighted by molar-refractivity contribution is 0.00578. The summed E-state index contributed by atoms with van der Waals surface area (Å²) in [6.45, 7) is 16.7. The lowest BCUT2D eigenvalue weighted by atomic mass is 9.75. The molecule has 0 aromatic carbocycles. The van der Waals surface area contributed by atoms with E-state index in [-0.39, 0.29) is 36.6 Å². The molecule has 2 saturated heterocycles. The first-order valence-corrected chi connectivity index (χ1v) is 9.96. The third-order valence-electron chi connectivity index (χ3n) is 6.77. The molecule has 1 aliphatic carbocycles. The van der Waals surface area contributed by atoms with E-state index in [4.69, 9.17) is 18.6 Å². The highest BCUT2D eigenvalue weighted by Gasteiger charge is 2.51. The number of hydrogen-bond donors (Lipinski definition) is 0. The van der Waals surface area contributed by atoms with Crippen molar-refractivity contribution in [1.82, 2.24) is 0 Å². The third-order valence-corrected chi connectivity index (χ3v) is 6.77. The van der Waals surface area contributed by atoms with E-state index >= 15 is 0 Å². The summed E-state index contributed by atoms with van der Waals surface area (Å²) in [4.78, 5) is 0. The van der Waals surface area contributed by atoms with Gasteiger partial charge in [-0.05, 0) is 81.1 Å². The van der Waals surface area contributed by atoms with E-state index in [1.54, 1.807) is 0 Å². The van der Waals surface area contributed by atoms with Gasteiger partial charge in [0, 0.05) is 0 Å². The smallest absolute Gasteiger partial charge is 0.400 e. The fraction of sp³-hybridized carbons (Fsp3) is 0.800. The molecule has 0 radical (unpaired) electrons. The van der Waals surface area contributed by atoms with Crippen LogP contribution in [0.25, 0.3) is 0 Å². The highest BCUT2D eigenvalue weighted by molar-refractivity contribution is 6.53. The molecule has 0 aromatic rings. The number of hydrogen-bond acceptors (Lipinski definition) is 4. The molecule has 3 rings (SSSR count). The van der Waals surface area contributed by atoms with Crippen LogP contribution in [0.15, 0.2) is 23.1 Å². The zero-order chi connectivity index (χ0) is 19.4. The molecule has 0 unspecified atom stereocenters. The van der Waals surface area contributed by atoms with Gasteiger partial charge in [0.25, 0.3) is 0 Å². The van der Waals surface area contributed by atoms with E-state index < -0.39 is 0 Å². The minimum Gasteiger partial charge on any atom is -0.400 e. The number of allylic oxidation sites excluding steroid dienone is 2. The van der Waals surface area contributed by atoms with Crippen molar-refractivity contribution in [3.63, 3.8) is 0 Å². The predicted octanol–water partition coefficient (Wildman–Crippen LogP) is 4.68. The summed E-state index contributed by atoms with van der Waals surface area (Å²) in [5, 5.41) is 0. The Hall–Kier alpha value is -0.550. The van der Waals surface area contributed by atoms with Crippen molar-refractivity contribution >= 4 is 14.2 Å². The van der Waals surface area contributed by atoms with Crippen LogP contribution >= 0.6 is 0 Å². The second-order valence-corrected chi connectivity index (χ2v) is 9.84. The molecule has 3 aliphatic rings. The van der Waals surface area contributed by atoms with Crippen LogP contribution in [0.3, 0.4) is 0 Å². The maximum atomic E-state index is 6.16. The van der Waals surface area contributed by atoms with Crippen LogP contribution in [0, 0.1) is 0 Å². The van der Waals surface area contributed by atoms with Crippen molar-refractivity contribution in [1.29, 1.82) is 0 Å². The predicted molar refractivity (Wildman–Crippen MR) is 107 cm³/mol. The lowest BCUT2D eigenvalue weighted by Gasteiger charge is -2.32. The Bertz CT molecular complexity index is 533. The van der Waals surface area contributed by atoms with Crippen LogP contribution < -0.4 is 0 Å². The minimum atomic E-state index is -0.307. The molecule has 2 aliphatic heterocycles. The summed E-state index contributed by atoms with van der Waals surface area (Å²) < 4.78 is 24.7. The normalized spacial score (nSPS) is 32.6. The molecule has 3 fully saturated rings. The zero-order valence-electron chi connectivity index (χ0n) is 17.8. The fourth-order valence-corrected chi connectivity index (χ4v) is 3.57. The van der Waals surface area contributed by atoms with Crippen molar-refractivity contribution < 1.29 is 18.6 Å². The second-order valence-electron chi connectivity index (χ2n) is 9.84. The van der Waals surface area contributed by atoms with Gasteiger partial charge < -0.3 is 18.6 Å². The summed E-state index contributed by atoms with van der Waals surface area (Å²) in [6.07, 6.45) is 4.50. The lowest BCUT2D eigenvalue weighted by Crippen LogP contribution is -2.41. The van der Waals surface area contributed by atoms with E-state index in [0.29, 0.717) is 0 Å². The van der Waals surface area contributed by atoms with Crippen molar-refractivity contribution in [2.45, 2.75) is 103 Å². The Morgan fingerprint density at radius 3 is 1.12 bits per heavy atom. The van der Waals surface area contributed by atoms with Crippen LogP contribution in [-0.2, 0) is 18.6 Å². The van der Waals surface area contributed by atoms with Gasteiger partial charge in [0.2, 0.25) is 0 Å². The Morgan fingerprint density at radius 2 is 0.846 bits per heavy atom. The summed E-state index contributed by atoms with van der Waals surface area (Å²) in [7, 11) is -0.593. The first-order valence-electron chi connectivity index (χ1n) is 9.96. The van der Waals surface area contributed by atoms with Gasteiger partial charge in [-0.15, -0.1) is 0 Å². The Balaban J connectivity index is 1.79. The molecule has 0 amide bonds. The molecule has 6 heteroatoms. The molecular formula is C20H34B2O4. The monoisotopic (exact) mass is 360 g/mol. The van der Waals surface area contributed by atoms with Crippen molar-refractivity contribution in [2.24, 2.45) is 0 Å². The van der Waals surface area contributed by atoms with Crippen molar-refractivity contribution in [2.75, 3.05) is 0 Å². The van der Waals surface area contributed by atoms with E-state index in [1.807, 2.05) is 0 Å². The van der Waals surface area contributed by atoms with E-state index in [2.05, 4.69) is 67.3 Å². The SMILES string of the molecule is CC1(C)OB(C=C2CCCCC2=CB2OC(C)(C)C(C)(C)O2)OC1(C)C. The van der Waals surface area contributed by atoms with Crippen LogP contribution in [0.1, 0.15) is 81.1 Å². The van der Waals surface area contributed by atoms with Crippen molar-refractivity contribution in [3.8, 4) is 0 Å².